The molecular weight excluding hydrogens is 212 g/mol. The summed E-state index contributed by atoms with van der Waals surface area (Å²) in [5.41, 5.74) is 6.36. The van der Waals surface area contributed by atoms with Gasteiger partial charge in [-0.25, -0.2) is 0 Å². The first-order valence-electron chi connectivity index (χ1n) is 4.72. The van der Waals surface area contributed by atoms with Crippen LogP contribution in [0.2, 0.25) is 0 Å². The van der Waals surface area contributed by atoms with Gasteiger partial charge < -0.3 is 11.1 Å². The van der Waals surface area contributed by atoms with E-state index >= 15 is 0 Å². The molecule has 3 N–H and O–H groups in total. The highest BCUT2D eigenvalue weighted by atomic mass is 35.5. The Kier molecular flexibility index (Phi) is 6.75. The molecule has 0 saturated heterocycles. The summed E-state index contributed by atoms with van der Waals surface area (Å²) < 4.78 is 0. The summed E-state index contributed by atoms with van der Waals surface area (Å²) in [6.07, 6.45) is 1.21. The SMILES string of the molecule is CN[C@H](CC(N)=O)Cc1ccccc1.Cl. The number of nitrogens with one attached hydrogen (secondary N) is 1. The van der Waals surface area contributed by atoms with E-state index in [9.17, 15) is 4.79 Å². The van der Waals surface area contributed by atoms with Crippen LogP contribution in [0, 0.1) is 0 Å². The molecular formula is C11H17ClN2O. The van der Waals surface area contributed by atoms with Gasteiger partial charge in [-0.3, -0.25) is 4.79 Å². The number of hydrogen-bond donors (Lipinski definition) is 2. The van der Waals surface area contributed by atoms with Gasteiger partial charge in [0.05, 0.1) is 0 Å². The first-order chi connectivity index (χ1) is 6.72. The summed E-state index contributed by atoms with van der Waals surface area (Å²) in [6.45, 7) is 0. The lowest BCUT2D eigenvalue weighted by Crippen LogP contribution is -2.32. The number of likely N-dealkylation sites (N-methyl/N-ethyl adjacent to an activating group) is 1. The number of carbonyl (C=O) groups excluding carboxylic acids is 1. The van der Waals surface area contributed by atoms with Crippen LogP contribution < -0.4 is 11.1 Å². The standard InChI is InChI=1S/C11H16N2O.ClH/c1-13-10(8-11(12)14)7-9-5-3-2-4-6-9;/h2-6,10,13H,7-8H2,1H3,(H2,12,14);1H/t10-;/m0./s1. The van der Waals surface area contributed by atoms with Crippen molar-refractivity contribution in [2.45, 2.75) is 18.9 Å². The van der Waals surface area contributed by atoms with Crippen molar-refractivity contribution in [1.82, 2.24) is 5.32 Å². The lowest BCUT2D eigenvalue weighted by molar-refractivity contribution is -0.118. The molecule has 1 aromatic rings. The van der Waals surface area contributed by atoms with Crippen LogP contribution in [0.4, 0.5) is 0 Å². The van der Waals surface area contributed by atoms with Crippen molar-refractivity contribution in [2.24, 2.45) is 5.73 Å². The average Bonchev–Trinajstić information content (AvgIpc) is 2.17. The molecule has 1 aromatic carbocycles. The Morgan fingerprint density at radius 1 is 1.40 bits per heavy atom. The Hall–Kier alpha value is -1.06. The molecule has 1 atom stereocenters. The van der Waals surface area contributed by atoms with Crippen LogP contribution in [0.3, 0.4) is 0 Å². The van der Waals surface area contributed by atoms with E-state index in [4.69, 9.17) is 5.73 Å². The summed E-state index contributed by atoms with van der Waals surface area (Å²) in [5, 5.41) is 3.08. The van der Waals surface area contributed by atoms with Gasteiger partial charge >= 0.3 is 0 Å². The van der Waals surface area contributed by atoms with E-state index in [1.54, 1.807) is 0 Å². The molecule has 84 valence electrons. The Labute approximate surface area is 96.5 Å². The monoisotopic (exact) mass is 228 g/mol. The molecule has 1 amide bonds. The molecule has 0 saturated carbocycles. The molecule has 0 spiro atoms. The lowest BCUT2D eigenvalue weighted by atomic mass is 10.0. The van der Waals surface area contributed by atoms with E-state index in [-0.39, 0.29) is 24.4 Å². The third-order valence-electron chi connectivity index (χ3n) is 2.18. The van der Waals surface area contributed by atoms with Gasteiger partial charge in [-0.15, -0.1) is 12.4 Å². The number of primary amides is 1. The van der Waals surface area contributed by atoms with Gasteiger partial charge in [0, 0.05) is 12.5 Å². The smallest absolute Gasteiger partial charge is 0.218 e. The Bertz CT molecular complexity index is 290. The topological polar surface area (TPSA) is 55.1 Å². The van der Waals surface area contributed by atoms with Crippen LogP contribution in [-0.4, -0.2) is 19.0 Å². The number of carbonyl (C=O) groups is 1. The number of amides is 1. The molecule has 0 fully saturated rings. The van der Waals surface area contributed by atoms with Crippen LogP contribution in [0.1, 0.15) is 12.0 Å². The maximum absolute atomic E-state index is 10.7. The van der Waals surface area contributed by atoms with E-state index in [0.717, 1.165) is 6.42 Å². The van der Waals surface area contributed by atoms with Crippen molar-refractivity contribution in [3.05, 3.63) is 35.9 Å². The van der Waals surface area contributed by atoms with Gasteiger partial charge in [0.15, 0.2) is 0 Å². The van der Waals surface area contributed by atoms with Crippen LogP contribution in [0.15, 0.2) is 30.3 Å². The van der Waals surface area contributed by atoms with E-state index in [2.05, 4.69) is 5.32 Å². The molecule has 0 heterocycles. The summed E-state index contributed by atoms with van der Waals surface area (Å²) in [4.78, 5) is 10.7. The van der Waals surface area contributed by atoms with Crippen LogP contribution in [-0.2, 0) is 11.2 Å². The zero-order valence-corrected chi connectivity index (χ0v) is 9.59. The van der Waals surface area contributed by atoms with Gasteiger partial charge in [-0.1, -0.05) is 30.3 Å². The highest BCUT2D eigenvalue weighted by molar-refractivity contribution is 5.85. The highest BCUT2D eigenvalue weighted by Crippen LogP contribution is 2.04. The van der Waals surface area contributed by atoms with Crippen molar-refractivity contribution in [3.8, 4) is 0 Å². The fourth-order valence-corrected chi connectivity index (χ4v) is 1.42. The highest BCUT2D eigenvalue weighted by Gasteiger charge is 2.09. The summed E-state index contributed by atoms with van der Waals surface area (Å²) in [7, 11) is 1.84. The molecule has 0 unspecified atom stereocenters. The van der Waals surface area contributed by atoms with E-state index in [1.165, 1.54) is 5.56 Å². The zero-order chi connectivity index (χ0) is 10.4. The molecule has 0 radical (unpaired) electrons. The molecule has 0 aliphatic carbocycles. The van der Waals surface area contributed by atoms with Crippen molar-refractivity contribution in [3.63, 3.8) is 0 Å². The minimum Gasteiger partial charge on any atom is -0.370 e. The van der Waals surface area contributed by atoms with Crippen LogP contribution in [0.25, 0.3) is 0 Å². The number of rotatable bonds is 5. The molecule has 3 nitrogen and oxygen atoms in total. The molecule has 0 aliphatic heterocycles. The minimum absolute atomic E-state index is 0. The first kappa shape index (κ1) is 13.9. The van der Waals surface area contributed by atoms with Gasteiger partial charge in [0.1, 0.15) is 0 Å². The second-order valence-electron chi connectivity index (χ2n) is 3.35. The van der Waals surface area contributed by atoms with E-state index < -0.39 is 0 Å². The fraction of sp³-hybridized carbons (Fsp3) is 0.364. The van der Waals surface area contributed by atoms with E-state index in [1.807, 2.05) is 37.4 Å². The molecule has 0 aliphatic rings. The lowest BCUT2D eigenvalue weighted by Gasteiger charge is -2.13. The summed E-state index contributed by atoms with van der Waals surface area (Å²) in [6, 6.07) is 10.2. The predicted octanol–water partition coefficient (Wildman–Crippen LogP) is 1.11. The molecule has 1 rings (SSSR count). The number of hydrogen-bond acceptors (Lipinski definition) is 2. The Balaban J connectivity index is 0.00000196. The normalized spacial score (nSPS) is 11.5. The van der Waals surface area contributed by atoms with Crippen LogP contribution >= 0.6 is 12.4 Å². The maximum Gasteiger partial charge on any atom is 0.218 e. The van der Waals surface area contributed by atoms with Crippen molar-refractivity contribution in [1.29, 1.82) is 0 Å². The van der Waals surface area contributed by atoms with Crippen molar-refractivity contribution in [2.75, 3.05) is 7.05 Å². The van der Waals surface area contributed by atoms with Crippen molar-refractivity contribution >= 4 is 18.3 Å². The molecule has 15 heavy (non-hydrogen) atoms. The molecule has 0 aromatic heterocycles. The first-order valence-corrected chi connectivity index (χ1v) is 4.72. The zero-order valence-electron chi connectivity index (χ0n) is 8.77. The second-order valence-corrected chi connectivity index (χ2v) is 3.35. The summed E-state index contributed by atoms with van der Waals surface area (Å²) in [5.74, 6) is -0.264. The average molecular weight is 229 g/mol. The Morgan fingerprint density at radius 2 is 2.00 bits per heavy atom. The van der Waals surface area contributed by atoms with Gasteiger partial charge in [0.25, 0.3) is 0 Å². The largest absolute Gasteiger partial charge is 0.370 e. The quantitative estimate of drug-likeness (QED) is 0.794. The van der Waals surface area contributed by atoms with Crippen LogP contribution in [0.5, 0.6) is 0 Å². The number of benzene rings is 1. The van der Waals surface area contributed by atoms with E-state index in [0.29, 0.717) is 6.42 Å². The van der Waals surface area contributed by atoms with Crippen molar-refractivity contribution < 1.29 is 4.79 Å². The maximum atomic E-state index is 10.7. The minimum atomic E-state index is -0.264. The molecule has 0 bridgehead atoms. The Morgan fingerprint density at radius 3 is 2.47 bits per heavy atom. The van der Waals surface area contributed by atoms with Gasteiger partial charge in [-0.2, -0.15) is 0 Å². The van der Waals surface area contributed by atoms with Gasteiger partial charge in [-0.05, 0) is 19.0 Å². The van der Waals surface area contributed by atoms with Gasteiger partial charge in [0.2, 0.25) is 5.91 Å². The number of halogens is 1. The predicted molar refractivity (Wildman–Crippen MR) is 64.1 cm³/mol. The summed E-state index contributed by atoms with van der Waals surface area (Å²) >= 11 is 0. The fourth-order valence-electron chi connectivity index (χ4n) is 1.42. The third-order valence-corrected chi connectivity index (χ3v) is 2.18. The molecule has 4 heteroatoms. The number of nitrogens with two attached hydrogens (primary N) is 1. The third kappa shape index (κ3) is 5.40. The second kappa shape index (κ2) is 7.26.